The number of carbonyl (C=O) groups excluding carboxylic acids is 1. The van der Waals surface area contributed by atoms with Gasteiger partial charge in [0.2, 0.25) is 0 Å². The van der Waals surface area contributed by atoms with E-state index in [1.54, 1.807) is 24.9 Å². The molecule has 0 saturated heterocycles. The highest BCUT2D eigenvalue weighted by molar-refractivity contribution is 5.48. The minimum absolute atomic E-state index is 0.275. The van der Waals surface area contributed by atoms with Crippen molar-refractivity contribution in [1.82, 2.24) is 15.3 Å². The molecule has 4 heteroatoms. The Morgan fingerprint density at radius 1 is 1.91 bits per heavy atom. The summed E-state index contributed by atoms with van der Waals surface area (Å²) in [6.07, 6.45) is 6.44. The van der Waals surface area contributed by atoms with Gasteiger partial charge in [-0.3, -0.25) is 4.79 Å². The Morgan fingerprint density at radius 3 is 3.18 bits per heavy atom. The molecule has 0 aliphatic rings. The number of aromatic nitrogens is 2. The maximum Gasteiger partial charge on any atom is 0.310 e. The first-order valence-electron chi connectivity index (χ1n) is 3.13. The molecule has 1 rings (SSSR count). The third-order valence-electron chi connectivity index (χ3n) is 1.26. The van der Waals surface area contributed by atoms with Gasteiger partial charge in [-0.25, -0.2) is 4.98 Å². The molecule has 1 atom stereocenters. The maximum atomic E-state index is 9.94. The number of aromatic amines is 1. The van der Waals surface area contributed by atoms with Gasteiger partial charge in [-0.05, 0) is 0 Å². The van der Waals surface area contributed by atoms with Crippen molar-refractivity contribution in [2.24, 2.45) is 0 Å². The van der Waals surface area contributed by atoms with Gasteiger partial charge in [0.1, 0.15) is 11.9 Å². The first-order chi connectivity index (χ1) is 5.38. The summed E-state index contributed by atoms with van der Waals surface area (Å²) in [4.78, 5) is 16.7. The van der Waals surface area contributed by atoms with E-state index in [2.05, 4.69) is 21.9 Å². The van der Waals surface area contributed by atoms with Crippen LogP contribution in [0, 0.1) is 0 Å². The second-order valence-corrected chi connectivity index (χ2v) is 1.93. The summed E-state index contributed by atoms with van der Waals surface area (Å²) in [6, 6.07) is -0.275. The molecule has 2 N–H and O–H groups in total. The van der Waals surface area contributed by atoms with Crippen molar-refractivity contribution in [2.75, 3.05) is 0 Å². The zero-order valence-electron chi connectivity index (χ0n) is 5.87. The smallest absolute Gasteiger partial charge is 0.310 e. The lowest BCUT2D eigenvalue weighted by Crippen LogP contribution is -2.18. The van der Waals surface area contributed by atoms with E-state index in [1.807, 2.05) is 0 Å². The van der Waals surface area contributed by atoms with Crippen molar-refractivity contribution < 1.29 is 4.79 Å². The zero-order chi connectivity index (χ0) is 8.10. The van der Waals surface area contributed by atoms with Gasteiger partial charge in [-0.15, -0.1) is 6.58 Å². The summed E-state index contributed by atoms with van der Waals surface area (Å²) in [5, 5.41) is 2.42. The van der Waals surface area contributed by atoms with E-state index in [0.717, 1.165) is 0 Å². The molecule has 0 spiro atoms. The van der Waals surface area contributed by atoms with E-state index in [9.17, 15) is 4.79 Å². The van der Waals surface area contributed by atoms with Crippen molar-refractivity contribution >= 4 is 6.41 Å². The van der Waals surface area contributed by atoms with Crippen LogP contribution in [0.4, 0.5) is 0 Å². The molecule has 1 heterocycles. The fraction of sp³-hybridized carbons (Fsp3) is 0.143. The highest BCUT2D eigenvalue weighted by Gasteiger charge is 2.06. The first-order valence-corrected chi connectivity index (χ1v) is 3.13. The van der Waals surface area contributed by atoms with Gasteiger partial charge in [0.15, 0.2) is 0 Å². The van der Waals surface area contributed by atoms with Gasteiger partial charge in [0.05, 0.1) is 0 Å². The average molecular weight is 150 g/mol. The highest BCUT2D eigenvalue weighted by Crippen LogP contribution is 2.05. The Balaban J connectivity index is 2.70. The molecule has 11 heavy (non-hydrogen) atoms. The van der Waals surface area contributed by atoms with Gasteiger partial charge in [0.25, 0.3) is 0 Å². The van der Waals surface area contributed by atoms with E-state index in [-0.39, 0.29) is 6.04 Å². The van der Waals surface area contributed by atoms with Crippen LogP contribution in [-0.4, -0.2) is 16.4 Å². The van der Waals surface area contributed by atoms with Crippen LogP contribution in [-0.2, 0) is 4.79 Å². The van der Waals surface area contributed by atoms with Crippen LogP contribution >= 0.6 is 0 Å². The van der Waals surface area contributed by atoms with Crippen molar-refractivity contribution in [3.05, 3.63) is 30.9 Å². The first kappa shape index (κ1) is 7.53. The molecule has 0 fully saturated rings. The molecule has 1 aromatic rings. The molecule has 0 saturated carbocycles. The number of hydrogen-bond acceptors (Lipinski definition) is 2. The Kier molecular flexibility index (Phi) is 2.43. The van der Waals surface area contributed by atoms with Crippen molar-refractivity contribution in [2.45, 2.75) is 6.04 Å². The SMILES string of the molecule is C=CC(N[C]=O)c1ncc[nH]1. The van der Waals surface area contributed by atoms with E-state index in [1.165, 1.54) is 0 Å². The quantitative estimate of drug-likeness (QED) is 0.479. The van der Waals surface area contributed by atoms with E-state index >= 15 is 0 Å². The van der Waals surface area contributed by atoms with Crippen LogP contribution in [0.1, 0.15) is 11.9 Å². The molecular formula is C7H8N3O. The lowest BCUT2D eigenvalue weighted by Gasteiger charge is -2.05. The van der Waals surface area contributed by atoms with Crippen molar-refractivity contribution in [3.63, 3.8) is 0 Å². The predicted octanol–water partition coefficient (Wildman–Crippen LogP) is 0.294. The Hall–Kier alpha value is -1.58. The molecular weight excluding hydrogens is 142 g/mol. The van der Waals surface area contributed by atoms with Gasteiger partial charge in [-0.2, -0.15) is 0 Å². The molecule has 0 aromatic carbocycles. The summed E-state index contributed by atoms with van der Waals surface area (Å²) in [6.45, 7) is 3.53. The minimum atomic E-state index is -0.275. The summed E-state index contributed by atoms with van der Waals surface area (Å²) in [5.41, 5.74) is 0. The lowest BCUT2D eigenvalue weighted by molar-refractivity contribution is 0.533. The van der Waals surface area contributed by atoms with Crippen molar-refractivity contribution in [3.8, 4) is 0 Å². The van der Waals surface area contributed by atoms with Crippen LogP contribution in [0.25, 0.3) is 0 Å². The third-order valence-corrected chi connectivity index (χ3v) is 1.26. The fourth-order valence-corrected chi connectivity index (χ4v) is 0.750. The minimum Gasteiger partial charge on any atom is -0.347 e. The van der Waals surface area contributed by atoms with Gasteiger partial charge < -0.3 is 10.3 Å². The summed E-state index contributed by atoms with van der Waals surface area (Å²) >= 11 is 0. The number of H-pyrrole nitrogens is 1. The van der Waals surface area contributed by atoms with Crippen LogP contribution in [0.5, 0.6) is 0 Å². The third kappa shape index (κ3) is 1.67. The average Bonchev–Trinajstić information content (AvgIpc) is 2.52. The fourth-order valence-electron chi connectivity index (χ4n) is 0.750. The normalized spacial score (nSPS) is 12.0. The molecule has 1 unspecified atom stereocenters. The molecule has 0 aliphatic heterocycles. The molecule has 1 amide bonds. The van der Waals surface area contributed by atoms with Crippen LogP contribution in [0.15, 0.2) is 25.0 Å². The summed E-state index contributed by atoms with van der Waals surface area (Å²) < 4.78 is 0. The zero-order valence-corrected chi connectivity index (χ0v) is 5.87. The predicted molar refractivity (Wildman–Crippen MR) is 40.4 cm³/mol. The summed E-state index contributed by atoms with van der Waals surface area (Å²) in [7, 11) is 0. The molecule has 0 aliphatic carbocycles. The van der Waals surface area contributed by atoms with Crippen LogP contribution in [0.2, 0.25) is 0 Å². The molecule has 1 aromatic heterocycles. The second-order valence-electron chi connectivity index (χ2n) is 1.93. The number of nitrogens with zero attached hydrogens (tertiary/aromatic N) is 1. The van der Waals surface area contributed by atoms with Crippen LogP contribution < -0.4 is 5.32 Å². The molecule has 4 nitrogen and oxygen atoms in total. The number of imidazole rings is 1. The Bertz CT molecular complexity index is 230. The Morgan fingerprint density at radius 2 is 2.73 bits per heavy atom. The van der Waals surface area contributed by atoms with Gasteiger partial charge in [-0.1, -0.05) is 6.08 Å². The van der Waals surface area contributed by atoms with E-state index in [4.69, 9.17) is 0 Å². The standard InChI is InChI=1S/C7H8N3O/c1-2-6(10-5-11)7-8-3-4-9-7/h2-4,6H,1H2,(H,8,9)(H,10,11). The second kappa shape index (κ2) is 3.55. The van der Waals surface area contributed by atoms with Gasteiger partial charge >= 0.3 is 6.41 Å². The van der Waals surface area contributed by atoms with Crippen LogP contribution in [0.3, 0.4) is 0 Å². The van der Waals surface area contributed by atoms with E-state index in [0.29, 0.717) is 5.82 Å². The maximum absolute atomic E-state index is 9.94. The lowest BCUT2D eigenvalue weighted by atomic mass is 10.3. The summed E-state index contributed by atoms with van der Waals surface area (Å²) in [5.74, 6) is 0.656. The Labute approximate surface area is 64.3 Å². The number of rotatable bonds is 4. The van der Waals surface area contributed by atoms with Crippen molar-refractivity contribution in [1.29, 1.82) is 0 Å². The number of nitrogens with one attached hydrogen (secondary N) is 2. The largest absolute Gasteiger partial charge is 0.347 e. The van der Waals surface area contributed by atoms with E-state index < -0.39 is 0 Å². The molecule has 57 valence electrons. The number of amides is 1. The molecule has 0 bridgehead atoms. The topological polar surface area (TPSA) is 57.8 Å². The number of hydrogen-bond donors (Lipinski definition) is 2. The molecule has 1 radical (unpaired) electrons. The monoisotopic (exact) mass is 150 g/mol. The highest BCUT2D eigenvalue weighted by atomic mass is 16.1. The van der Waals surface area contributed by atoms with Gasteiger partial charge in [0, 0.05) is 12.4 Å².